The highest BCUT2D eigenvalue weighted by molar-refractivity contribution is 5.79. The van der Waals surface area contributed by atoms with Gasteiger partial charge in [0.1, 0.15) is 12.2 Å². The molecule has 0 saturated carbocycles. The van der Waals surface area contributed by atoms with Crippen LogP contribution in [0.4, 0.5) is 0 Å². The van der Waals surface area contributed by atoms with Gasteiger partial charge in [-0.2, -0.15) is 0 Å². The molecule has 1 N–H and O–H groups in total. The van der Waals surface area contributed by atoms with Gasteiger partial charge in [0.2, 0.25) is 0 Å². The molecule has 0 spiro atoms. The average molecular weight is 308 g/mol. The average Bonchev–Trinajstić information content (AvgIpc) is 2.98. The quantitative estimate of drug-likeness (QED) is 0.409. The molecule has 0 aliphatic rings. The Hall–Kier alpha value is -1.59. The van der Waals surface area contributed by atoms with Crippen molar-refractivity contribution in [2.75, 3.05) is 26.7 Å². The third-order valence-corrected chi connectivity index (χ3v) is 3.63. The van der Waals surface area contributed by atoms with Crippen LogP contribution >= 0.6 is 0 Å². The minimum Gasteiger partial charge on any atom is -0.354 e. The SMILES string of the molecule is CCCCN=C(NCCn1cnnc1CC)N(C)CCCC. The summed E-state index contributed by atoms with van der Waals surface area (Å²) in [7, 11) is 2.11. The van der Waals surface area contributed by atoms with Gasteiger partial charge in [-0.3, -0.25) is 4.99 Å². The third-order valence-electron chi connectivity index (χ3n) is 3.63. The Morgan fingerprint density at radius 3 is 2.73 bits per heavy atom. The number of nitrogens with one attached hydrogen (secondary N) is 1. The molecular formula is C16H32N6. The lowest BCUT2D eigenvalue weighted by atomic mass is 10.3. The second kappa shape index (κ2) is 11.0. The fraction of sp³-hybridized carbons (Fsp3) is 0.812. The zero-order valence-corrected chi connectivity index (χ0v) is 14.7. The Balaban J connectivity index is 2.50. The summed E-state index contributed by atoms with van der Waals surface area (Å²) >= 11 is 0. The molecule has 6 heteroatoms. The summed E-state index contributed by atoms with van der Waals surface area (Å²) in [4.78, 5) is 6.95. The van der Waals surface area contributed by atoms with Gasteiger partial charge in [-0.05, 0) is 12.8 Å². The second-order valence-electron chi connectivity index (χ2n) is 5.55. The van der Waals surface area contributed by atoms with Crippen molar-refractivity contribution in [3.05, 3.63) is 12.2 Å². The molecule has 0 amide bonds. The van der Waals surface area contributed by atoms with Crippen molar-refractivity contribution >= 4 is 5.96 Å². The number of hydrogen-bond acceptors (Lipinski definition) is 3. The van der Waals surface area contributed by atoms with E-state index < -0.39 is 0 Å². The van der Waals surface area contributed by atoms with Gasteiger partial charge >= 0.3 is 0 Å². The van der Waals surface area contributed by atoms with E-state index in [1.807, 2.05) is 0 Å². The van der Waals surface area contributed by atoms with Crippen molar-refractivity contribution in [3.63, 3.8) is 0 Å². The van der Waals surface area contributed by atoms with Gasteiger partial charge < -0.3 is 14.8 Å². The molecule has 126 valence electrons. The van der Waals surface area contributed by atoms with Gasteiger partial charge in [0.25, 0.3) is 0 Å². The summed E-state index contributed by atoms with van der Waals surface area (Å²) in [6.45, 7) is 10.2. The topological polar surface area (TPSA) is 58.3 Å². The van der Waals surface area contributed by atoms with E-state index >= 15 is 0 Å². The van der Waals surface area contributed by atoms with Crippen molar-refractivity contribution < 1.29 is 0 Å². The van der Waals surface area contributed by atoms with Crippen molar-refractivity contribution in [1.82, 2.24) is 25.0 Å². The Bertz CT molecular complexity index is 426. The van der Waals surface area contributed by atoms with Gasteiger partial charge in [-0.25, -0.2) is 0 Å². The number of rotatable bonds is 10. The first-order chi connectivity index (χ1) is 10.7. The van der Waals surface area contributed by atoms with Gasteiger partial charge in [0.05, 0.1) is 0 Å². The number of hydrogen-bond donors (Lipinski definition) is 1. The van der Waals surface area contributed by atoms with Crippen LogP contribution in [0.1, 0.15) is 52.3 Å². The predicted octanol–water partition coefficient (Wildman–Crippen LogP) is 2.32. The number of nitrogens with zero attached hydrogens (tertiary/aromatic N) is 5. The summed E-state index contributed by atoms with van der Waals surface area (Å²) in [6.07, 6.45) is 7.42. The number of aromatic nitrogens is 3. The Morgan fingerprint density at radius 2 is 2.05 bits per heavy atom. The maximum absolute atomic E-state index is 4.72. The summed E-state index contributed by atoms with van der Waals surface area (Å²) in [5, 5.41) is 11.6. The van der Waals surface area contributed by atoms with Crippen LogP contribution in [0.2, 0.25) is 0 Å². The zero-order valence-electron chi connectivity index (χ0n) is 14.7. The smallest absolute Gasteiger partial charge is 0.193 e. The van der Waals surface area contributed by atoms with Crippen LogP contribution in [-0.2, 0) is 13.0 Å². The lowest BCUT2D eigenvalue weighted by molar-refractivity contribution is 0.459. The second-order valence-corrected chi connectivity index (χ2v) is 5.55. The van der Waals surface area contributed by atoms with E-state index in [0.29, 0.717) is 0 Å². The fourth-order valence-electron chi connectivity index (χ4n) is 2.18. The van der Waals surface area contributed by atoms with E-state index in [1.54, 1.807) is 6.33 Å². The largest absolute Gasteiger partial charge is 0.354 e. The fourth-order valence-corrected chi connectivity index (χ4v) is 2.18. The molecule has 0 fully saturated rings. The summed E-state index contributed by atoms with van der Waals surface area (Å²) in [6, 6.07) is 0. The molecule has 0 radical (unpaired) electrons. The Kier molecular flexibility index (Phi) is 9.26. The summed E-state index contributed by atoms with van der Waals surface area (Å²) in [5.41, 5.74) is 0. The molecule has 0 aromatic carbocycles. The standard InChI is InChI=1S/C16H32N6/c1-5-8-10-17-16(21(4)12-9-6-2)18-11-13-22-14-19-20-15(22)7-3/h14H,5-13H2,1-4H3,(H,17,18). The number of aryl methyl sites for hydroxylation is 1. The predicted molar refractivity (Wildman–Crippen MR) is 92.2 cm³/mol. The molecule has 0 unspecified atom stereocenters. The van der Waals surface area contributed by atoms with Crippen molar-refractivity contribution in [2.24, 2.45) is 4.99 Å². The molecule has 1 rings (SSSR count). The normalized spacial score (nSPS) is 11.7. The minimum absolute atomic E-state index is 0.840. The van der Waals surface area contributed by atoms with Crippen molar-refractivity contribution in [2.45, 2.75) is 59.4 Å². The minimum atomic E-state index is 0.840. The molecule has 0 bridgehead atoms. The molecule has 6 nitrogen and oxygen atoms in total. The molecule has 22 heavy (non-hydrogen) atoms. The first-order valence-electron chi connectivity index (χ1n) is 8.59. The molecule has 1 heterocycles. The summed E-state index contributed by atoms with van der Waals surface area (Å²) in [5.74, 6) is 2.04. The van der Waals surface area contributed by atoms with E-state index in [0.717, 1.165) is 50.8 Å². The van der Waals surface area contributed by atoms with Crippen LogP contribution in [0.15, 0.2) is 11.3 Å². The van der Waals surface area contributed by atoms with Gasteiger partial charge in [0, 0.05) is 39.6 Å². The molecule has 0 aliphatic carbocycles. The van der Waals surface area contributed by atoms with Crippen LogP contribution < -0.4 is 5.32 Å². The first kappa shape index (κ1) is 18.5. The van der Waals surface area contributed by atoms with Crippen LogP contribution in [0, 0.1) is 0 Å². The molecule has 1 aromatic heterocycles. The molecule has 0 aliphatic heterocycles. The van der Waals surface area contributed by atoms with E-state index in [-0.39, 0.29) is 0 Å². The third kappa shape index (κ3) is 6.45. The number of aliphatic imine (C=N–C) groups is 1. The van der Waals surface area contributed by atoms with Crippen molar-refractivity contribution in [3.8, 4) is 0 Å². The van der Waals surface area contributed by atoms with Crippen molar-refractivity contribution in [1.29, 1.82) is 0 Å². The Morgan fingerprint density at radius 1 is 1.27 bits per heavy atom. The molecule has 0 atom stereocenters. The monoisotopic (exact) mass is 308 g/mol. The molecular weight excluding hydrogens is 276 g/mol. The maximum Gasteiger partial charge on any atom is 0.193 e. The summed E-state index contributed by atoms with van der Waals surface area (Å²) < 4.78 is 2.10. The lowest BCUT2D eigenvalue weighted by Crippen LogP contribution is -2.41. The van der Waals surface area contributed by atoms with E-state index in [2.05, 4.69) is 52.8 Å². The molecule has 0 saturated heterocycles. The highest BCUT2D eigenvalue weighted by Crippen LogP contribution is 1.97. The Labute approximate surface area is 135 Å². The number of guanidine groups is 1. The van der Waals surface area contributed by atoms with Crippen LogP contribution in [0.5, 0.6) is 0 Å². The lowest BCUT2D eigenvalue weighted by Gasteiger charge is -2.22. The van der Waals surface area contributed by atoms with E-state index in [4.69, 9.17) is 4.99 Å². The highest BCUT2D eigenvalue weighted by atomic mass is 15.3. The maximum atomic E-state index is 4.72. The van der Waals surface area contributed by atoms with Crippen LogP contribution in [-0.4, -0.2) is 52.3 Å². The number of unbranched alkanes of at least 4 members (excludes halogenated alkanes) is 2. The van der Waals surface area contributed by atoms with Crippen LogP contribution in [0.25, 0.3) is 0 Å². The first-order valence-corrected chi connectivity index (χ1v) is 8.59. The van der Waals surface area contributed by atoms with Gasteiger partial charge in [-0.15, -0.1) is 10.2 Å². The highest BCUT2D eigenvalue weighted by Gasteiger charge is 2.06. The van der Waals surface area contributed by atoms with Gasteiger partial charge in [-0.1, -0.05) is 33.6 Å². The van der Waals surface area contributed by atoms with E-state index in [9.17, 15) is 0 Å². The van der Waals surface area contributed by atoms with E-state index in [1.165, 1.54) is 19.3 Å². The molecule has 1 aromatic rings. The van der Waals surface area contributed by atoms with Crippen LogP contribution in [0.3, 0.4) is 0 Å². The van der Waals surface area contributed by atoms with Gasteiger partial charge in [0.15, 0.2) is 5.96 Å². The zero-order chi connectivity index (χ0) is 16.2.